The first-order valence-corrected chi connectivity index (χ1v) is 4.33. The Kier molecular flexibility index (Phi) is 4.43. The van der Waals surface area contributed by atoms with Gasteiger partial charge in [0.2, 0.25) is 0 Å². The standard InChI is InChI=1S/C9H11Br.CH4/c1-7-5-3-4-6-9(7)8(2)10;/h3-6,8H,1-2H3;1H4. The second kappa shape index (κ2) is 4.55. The van der Waals surface area contributed by atoms with Gasteiger partial charge in [0.15, 0.2) is 0 Å². The molecule has 0 saturated heterocycles. The van der Waals surface area contributed by atoms with E-state index in [1.54, 1.807) is 0 Å². The molecule has 0 amide bonds. The lowest BCUT2D eigenvalue weighted by molar-refractivity contribution is 1.10. The summed E-state index contributed by atoms with van der Waals surface area (Å²) in [5, 5.41) is 0. The van der Waals surface area contributed by atoms with Gasteiger partial charge >= 0.3 is 0 Å². The SMILES string of the molecule is C.Cc1ccccc1C(C)Br. The summed E-state index contributed by atoms with van der Waals surface area (Å²) in [5.74, 6) is 0. The van der Waals surface area contributed by atoms with Gasteiger partial charge in [0, 0.05) is 4.83 Å². The molecular formula is C10H15Br. The Bertz CT molecular complexity index is 216. The van der Waals surface area contributed by atoms with Crippen LogP contribution >= 0.6 is 15.9 Å². The van der Waals surface area contributed by atoms with Crippen molar-refractivity contribution in [1.29, 1.82) is 0 Å². The summed E-state index contributed by atoms with van der Waals surface area (Å²) in [6, 6.07) is 8.41. The Morgan fingerprint density at radius 1 is 1.27 bits per heavy atom. The van der Waals surface area contributed by atoms with E-state index < -0.39 is 0 Å². The van der Waals surface area contributed by atoms with Gasteiger partial charge in [-0.05, 0) is 25.0 Å². The molecule has 0 aliphatic rings. The van der Waals surface area contributed by atoms with E-state index in [2.05, 4.69) is 54.0 Å². The third-order valence-corrected chi connectivity index (χ3v) is 2.11. The van der Waals surface area contributed by atoms with Crippen LogP contribution in [0, 0.1) is 6.92 Å². The highest BCUT2D eigenvalue weighted by molar-refractivity contribution is 9.09. The fourth-order valence-corrected chi connectivity index (χ4v) is 1.55. The van der Waals surface area contributed by atoms with E-state index >= 15 is 0 Å². The van der Waals surface area contributed by atoms with Crippen LogP contribution in [0.1, 0.15) is 30.3 Å². The Labute approximate surface area is 77.8 Å². The molecule has 11 heavy (non-hydrogen) atoms. The Morgan fingerprint density at radius 2 is 1.82 bits per heavy atom. The summed E-state index contributed by atoms with van der Waals surface area (Å²) < 4.78 is 0. The fourth-order valence-electron chi connectivity index (χ4n) is 1.03. The second-order valence-electron chi connectivity index (χ2n) is 2.47. The monoisotopic (exact) mass is 214 g/mol. The summed E-state index contributed by atoms with van der Waals surface area (Å²) in [5.41, 5.74) is 2.73. The molecule has 0 aliphatic carbocycles. The van der Waals surface area contributed by atoms with Crippen LogP contribution in [0.25, 0.3) is 0 Å². The Morgan fingerprint density at radius 3 is 2.18 bits per heavy atom. The smallest absolute Gasteiger partial charge is 0.0369 e. The zero-order chi connectivity index (χ0) is 7.56. The van der Waals surface area contributed by atoms with Crippen LogP contribution < -0.4 is 0 Å². The molecule has 0 nitrogen and oxygen atoms in total. The molecule has 1 rings (SSSR count). The number of hydrogen-bond donors (Lipinski definition) is 0. The number of rotatable bonds is 1. The summed E-state index contributed by atoms with van der Waals surface area (Å²) in [4.78, 5) is 0.466. The van der Waals surface area contributed by atoms with Crippen molar-refractivity contribution in [2.24, 2.45) is 0 Å². The predicted octanol–water partition coefficient (Wildman–Crippen LogP) is 4.09. The minimum absolute atomic E-state index is 0. The van der Waals surface area contributed by atoms with Crippen LogP contribution in [0.2, 0.25) is 0 Å². The van der Waals surface area contributed by atoms with Gasteiger partial charge in [-0.1, -0.05) is 47.6 Å². The van der Waals surface area contributed by atoms with Gasteiger partial charge in [0.25, 0.3) is 0 Å². The van der Waals surface area contributed by atoms with Gasteiger partial charge in [-0.25, -0.2) is 0 Å². The molecule has 1 aromatic carbocycles. The van der Waals surface area contributed by atoms with Crippen molar-refractivity contribution < 1.29 is 0 Å². The van der Waals surface area contributed by atoms with Crippen molar-refractivity contribution in [3.05, 3.63) is 35.4 Å². The van der Waals surface area contributed by atoms with Gasteiger partial charge in [0.1, 0.15) is 0 Å². The molecule has 1 atom stereocenters. The van der Waals surface area contributed by atoms with E-state index in [1.165, 1.54) is 11.1 Å². The zero-order valence-electron chi connectivity index (χ0n) is 6.26. The van der Waals surface area contributed by atoms with Crippen molar-refractivity contribution in [2.45, 2.75) is 26.1 Å². The first-order chi connectivity index (χ1) is 4.72. The molecule has 1 aromatic rings. The van der Waals surface area contributed by atoms with Crippen molar-refractivity contribution in [1.82, 2.24) is 0 Å². The topological polar surface area (TPSA) is 0 Å². The number of halogens is 1. The molecule has 62 valence electrons. The van der Waals surface area contributed by atoms with Crippen LogP contribution in [-0.4, -0.2) is 0 Å². The minimum atomic E-state index is 0. The van der Waals surface area contributed by atoms with Crippen LogP contribution in [-0.2, 0) is 0 Å². The third-order valence-electron chi connectivity index (χ3n) is 1.62. The molecule has 0 saturated carbocycles. The lowest BCUT2D eigenvalue weighted by atomic mass is 10.1. The molecule has 0 N–H and O–H groups in total. The van der Waals surface area contributed by atoms with Gasteiger partial charge in [0.05, 0.1) is 0 Å². The number of alkyl halides is 1. The summed E-state index contributed by atoms with van der Waals surface area (Å²) in [6.07, 6.45) is 0. The van der Waals surface area contributed by atoms with Gasteiger partial charge in [-0.3, -0.25) is 0 Å². The van der Waals surface area contributed by atoms with Crippen LogP contribution in [0.15, 0.2) is 24.3 Å². The van der Waals surface area contributed by atoms with Gasteiger partial charge in [-0.2, -0.15) is 0 Å². The maximum absolute atomic E-state index is 3.53. The zero-order valence-corrected chi connectivity index (χ0v) is 7.85. The molecule has 1 unspecified atom stereocenters. The predicted molar refractivity (Wildman–Crippen MR) is 55.3 cm³/mol. The lowest BCUT2D eigenvalue weighted by Crippen LogP contribution is -1.86. The molecule has 0 heterocycles. The summed E-state index contributed by atoms with van der Waals surface area (Å²) >= 11 is 3.53. The normalized spacial score (nSPS) is 11.9. The van der Waals surface area contributed by atoms with Crippen LogP contribution in [0.5, 0.6) is 0 Å². The van der Waals surface area contributed by atoms with Gasteiger partial charge < -0.3 is 0 Å². The third kappa shape index (κ3) is 2.66. The molecule has 0 aliphatic heterocycles. The van der Waals surface area contributed by atoms with Crippen LogP contribution in [0.3, 0.4) is 0 Å². The first kappa shape index (κ1) is 10.7. The van der Waals surface area contributed by atoms with Gasteiger partial charge in [-0.15, -0.1) is 0 Å². The lowest BCUT2D eigenvalue weighted by Gasteiger charge is -2.05. The van der Waals surface area contributed by atoms with Crippen molar-refractivity contribution in [3.63, 3.8) is 0 Å². The minimum Gasteiger partial charge on any atom is -0.0842 e. The van der Waals surface area contributed by atoms with E-state index in [-0.39, 0.29) is 7.43 Å². The van der Waals surface area contributed by atoms with E-state index in [1.807, 2.05) is 0 Å². The van der Waals surface area contributed by atoms with E-state index in [0.29, 0.717) is 4.83 Å². The maximum atomic E-state index is 3.53. The Hall–Kier alpha value is -0.300. The average molecular weight is 215 g/mol. The summed E-state index contributed by atoms with van der Waals surface area (Å²) in [6.45, 7) is 4.27. The summed E-state index contributed by atoms with van der Waals surface area (Å²) in [7, 11) is 0. The van der Waals surface area contributed by atoms with Crippen LogP contribution in [0.4, 0.5) is 0 Å². The Balaban J connectivity index is 0.000001000. The van der Waals surface area contributed by atoms with Crippen molar-refractivity contribution in [2.75, 3.05) is 0 Å². The van der Waals surface area contributed by atoms with Crippen molar-refractivity contribution in [3.8, 4) is 0 Å². The molecule has 0 bridgehead atoms. The number of benzene rings is 1. The largest absolute Gasteiger partial charge is 0.0842 e. The number of aryl methyl sites for hydroxylation is 1. The van der Waals surface area contributed by atoms with E-state index in [4.69, 9.17) is 0 Å². The second-order valence-corrected chi connectivity index (χ2v) is 3.85. The molecule has 0 aromatic heterocycles. The quantitative estimate of drug-likeness (QED) is 0.619. The highest BCUT2D eigenvalue weighted by atomic mass is 79.9. The highest BCUT2D eigenvalue weighted by Crippen LogP contribution is 2.23. The molecule has 0 radical (unpaired) electrons. The van der Waals surface area contributed by atoms with E-state index in [0.717, 1.165) is 0 Å². The fraction of sp³-hybridized carbons (Fsp3) is 0.400. The average Bonchev–Trinajstić information content (AvgIpc) is 1.88. The molecule has 0 fully saturated rings. The molecule has 0 spiro atoms. The van der Waals surface area contributed by atoms with Crippen molar-refractivity contribution >= 4 is 15.9 Å². The van der Waals surface area contributed by atoms with E-state index in [9.17, 15) is 0 Å². The number of hydrogen-bond acceptors (Lipinski definition) is 0. The highest BCUT2D eigenvalue weighted by Gasteiger charge is 2.01. The molecular weight excluding hydrogens is 200 g/mol. The maximum Gasteiger partial charge on any atom is 0.0369 e. The molecule has 1 heteroatoms. The first-order valence-electron chi connectivity index (χ1n) is 3.41.